The molecule has 212 valence electrons. The third-order valence-corrected chi connectivity index (χ3v) is 9.21. The Morgan fingerprint density at radius 3 is 2.54 bits per heavy atom. The number of hydrogen-bond donors (Lipinski definition) is 2. The van der Waals surface area contributed by atoms with Crippen LogP contribution in [0.15, 0.2) is 42.5 Å². The van der Waals surface area contributed by atoms with Gasteiger partial charge >= 0.3 is 0 Å². The summed E-state index contributed by atoms with van der Waals surface area (Å²) in [5, 5.41) is 6.45. The number of carbonyl (C=O) groups is 3. The van der Waals surface area contributed by atoms with Crippen molar-refractivity contribution < 1.29 is 19.1 Å². The zero-order valence-corrected chi connectivity index (χ0v) is 23.1. The van der Waals surface area contributed by atoms with E-state index in [0.29, 0.717) is 58.4 Å². The molecule has 4 heterocycles. The lowest BCUT2D eigenvalue weighted by Crippen LogP contribution is -2.58. The van der Waals surface area contributed by atoms with Crippen LogP contribution in [0.25, 0.3) is 0 Å². The van der Waals surface area contributed by atoms with Crippen LogP contribution in [0, 0.1) is 11.3 Å². The molecule has 1 aromatic rings. The van der Waals surface area contributed by atoms with Gasteiger partial charge in [-0.25, -0.2) is 0 Å². The zero-order chi connectivity index (χ0) is 27.1. The smallest absolute Gasteiger partial charge is 0.243 e. The van der Waals surface area contributed by atoms with Gasteiger partial charge in [-0.2, -0.15) is 0 Å². The fourth-order valence-electron chi connectivity index (χ4n) is 6.63. The van der Waals surface area contributed by atoms with Crippen LogP contribution in [0.5, 0.6) is 0 Å². The Morgan fingerprint density at radius 2 is 1.77 bits per heavy atom. The number of amides is 3. The maximum atomic E-state index is 13.7. The number of carbonyl (C=O) groups excluding carboxylic acids is 3. The summed E-state index contributed by atoms with van der Waals surface area (Å²) in [6, 6.07) is 9.19. The number of likely N-dealkylation sites (tertiary alicyclic amines) is 2. The maximum absolute atomic E-state index is 13.7. The summed E-state index contributed by atoms with van der Waals surface area (Å²) in [7, 11) is 0. The minimum Gasteiger partial charge on any atom is -0.381 e. The quantitative estimate of drug-likeness (QED) is 0.565. The summed E-state index contributed by atoms with van der Waals surface area (Å²) < 4.78 is 5.60. The monoisotopic (exact) mass is 536 g/mol. The first kappa shape index (κ1) is 27.8. The van der Waals surface area contributed by atoms with Gasteiger partial charge in [-0.3, -0.25) is 14.4 Å². The Hall–Kier alpha value is -2.71. The molecule has 39 heavy (non-hydrogen) atoms. The van der Waals surface area contributed by atoms with Crippen molar-refractivity contribution in [2.24, 2.45) is 11.3 Å². The SMILES string of the molecule is O=C1N[C@@H]2CCN(C(=O)CCN3CCCC3)C[C@@H]2C/C=C/CC2(CCOCC2)C(=O)N[C@H]1Cc1ccccc1. The number of benzene rings is 1. The predicted molar refractivity (Wildman–Crippen MR) is 150 cm³/mol. The average Bonchev–Trinajstić information content (AvgIpc) is 3.49. The molecule has 0 aromatic heterocycles. The van der Waals surface area contributed by atoms with Gasteiger partial charge in [-0.05, 0) is 63.6 Å². The molecule has 1 spiro atoms. The lowest BCUT2D eigenvalue weighted by Gasteiger charge is -2.40. The second-order valence-electron chi connectivity index (χ2n) is 11.8. The average molecular weight is 537 g/mol. The van der Waals surface area contributed by atoms with Crippen molar-refractivity contribution in [1.29, 1.82) is 0 Å². The highest BCUT2D eigenvalue weighted by Gasteiger charge is 2.41. The molecule has 2 N–H and O–H groups in total. The molecule has 8 heteroatoms. The van der Waals surface area contributed by atoms with E-state index in [-0.39, 0.29) is 29.7 Å². The normalized spacial score (nSPS) is 29.0. The predicted octanol–water partition coefficient (Wildman–Crippen LogP) is 2.68. The van der Waals surface area contributed by atoms with Crippen LogP contribution >= 0.6 is 0 Å². The number of fused-ring (bicyclic) bond motifs is 1. The Kier molecular flexibility index (Phi) is 9.35. The molecule has 0 aliphatic carbocycles. The summed E-state index contributed by atoms with van der Waals surface area (Å²) in [6.07, 6.45) is 11.2. The number of rotatable bonds is 5. The van der Waals surface area contributed by atoms with Crippen LogP contribution in [0.4, 0.5) is 0 Å². The minimum absolute atomic E-state index is 0.0311. The van der Waals surface area contributed by atoms with Gasteiger partial charge in [0, 0.05) is 57.6 Å². The first-order valence-corrected chi connectivity index (χ1v) is 14.9. The summed E-state index contributed by atoms with van der Waals surface area (Å²) in [5.41, 5.74) is 0.452. The van der Waals surface area contributed by atoms with E-state index in [1.165, 1.54) is 12.8 Å². The molecule has 3 atom stereocenters. The van der Waals surface area contributed by atoms with Gasteiger partial charge in [0.1, 0.15) is 6.04 Å². The zero-order valence-electron chi connectivity index (χ0n) is 23.1. The van der Waals surface area contributed by atoms with Crippen LogP contribution in [0.1, 0.15) is 56.9 Å². The van der Waals surface area contributed by atoms with Gasteiger partial charge in [0.2, 0.25) is 17.7 Å². The first-order valence-electron chi connectivity index (χ1n) is 14.9. The summed E-state index contributed by atoms with van der Waals surface area (Å²) in [4.78, 5) is 44.9. The van der Waals surface area contributed by atoms with E-state index in [4.69, 9.17) is 4.74 Å². The van der Waals surface area contributed by atoms with Crippen molar-refractivity contribution in [2.45, 2.75) is 69.9 Å². The van der Waals surface area contributed by atoms with E-state index in [2.05, 4.69) is 27.7 Å². The maximum Gasteiger partial charge on any atom is 0.243 e. The third kappa shape index (κ3) is 7.09. The molecule has 0 radical (unpaired) electrons. The number of hydrogen-bond acceptors (Lipinski definition) is 5. The highest BCUT2D eigenvalue weighted by Crippen LogP contribution is 2.36. The van der Waals surface area contributed by atoms with Crippen molar-refractivity contribution in [2.75, 3.05) is 45.9 Å². The van der Waals surface area contributed by atoms with Crippen LogP contribution in [0.2, 0.25) is 0 Å². The Morgan fingerprint density at radius 1 is 1.00 bits per heavy atom. The van der Waals surface area contributed by atoms with Crippen molar-refractivity contribution in [3.05, 3.63) is 48.0 Å². The topological polar surface area (TPSA) is 91.0 Å². The number of piperidine rings is 1. The molecular weight excluding hydrogens is 492 g/mol. The molecule has 3 amide bonds. The van der Waals surface area contributed by atoms with E-state index < -0.39 is 11.5 Å². The number of ether oxygens (including phenoxy) is 1. The van der Waals surface area contributed by atoms with Crippen molar-refractivity contribution in [1.82, 2.24) is 20.4 Å². The molecular formula is C31H44N4O4. The molecule has 1 aromatic carbocycles. The van der Waals surface area contributed by atoms with Crippen LogP contribution in [-0.4, -0.2) is 85.5 Å². The number of nitrogens with zero attached hydrogens (tertiary/aromatic N) is 2. The van der Waals surface area contributed by atoms with Crippen molar-refractivity contribution in [3.8, 4) is 0 Å². The van der Waals surface area contributed by atoms with Crippen LogP contribution < -0.4 is 10.6 Å². The molecule has 4 aliphatic heterocycles. The van der Waals surface area contributed by atoms with E-state index in [9.17, 15) is 14.4 Å². The molecule has 8 nitrogen and oxygen atoms in total. The van der Waals surface area contributed by atoms with Gasteiger partial charge in [0.25, 0.3) is 0 Å². The summed E-state index contributed by atoms with van der Waals surface area (Å²) in [5.74, 6) is 0.176. The fourth-order valence-corrected chi connectivity index (χ4v) is 6.63. The largest absolute Gasteiger partial charge is 0.381 e. The number of allylic oxidation sites excluding steroid dienone is 2. The van der Waals surface area contributed by atoms with E-state index in [0.717, 1.165) is 38.0 Å². The fraction of sp³-hybridized carbons (Fsp3) is 0.645. The second-order valence-corrected chi connectivity index (χ2v) is 11.8. The Labute approximate surface area is 232 Å². The lowest BCUT2D eigenvalue weighted by atomic mass is 9.75. The molecule has 0 saturated carbocycles. The van der Waals surface area contributed by atoms with Crippen molar-refractivity contribution in [3.63, 3.8) is 0 Å². The Bertz CT molecular complexity index is 1020. The minimum atomic E-state index is -0.649. The van der Waals surface area contributed by atoms with Gasteiger partial charge in [0.15, 0.2) is 0 Å². The van der Waals surface area contributed by atoms with Gasteiger partial charge < -0.3 is 25.2 Å². The van der Waals surface area contributed by atoms with Crippen molar-refractivity contribution >= 4 is 17.7 Å². The van der Waals surface area contributed by atoms with E-state index in [1.807, 2.05) is 35.2 Å². The lowest BCUT2D eigenvalue weighted by molar-refractivity contribution is -0.140. The molecule has 5 rings (SSSR count). The highest BCUT2D eigenvalue weighted by molar-refractivity contribution is 5.90. The summed E-state index contributed by atoms with van der Waals surface area (Å²) in [6.45, 7) is 5.45. The van der Waals surface area contributed by atoms with Crippen LogP contribution in [-0.2, 0) is 25.5 Å². The van der Waals surface area contributed by atoms with Gasteiger partial charge in [-0.1, -0.05) is 42.5 Å². The first-order chi connectivity index (χ1) is 19.0. The van der Waals surface area contributed by atoms with E-state index >= 15 is 0 Å². The molecule has 0 bridgehead atoms. The molecule has 0 unspecified atom stereocenters. The van der Waals surface area contributed by atoms with Gasteiger partial charge in [-0.15, -0.1) is 0 Å². The number of nitrogens with one attached hydrogen (secondary N) is 2. The van der Waals surface area contributed by atoms with Gasteiger partial charge in [0.05, 0.1) is 5.41 Å². The molecule has 3 fully saturated rings. The Balaban J connectivity index is 1.32. The summed E-state index contributed by atoms with van der Waals surface area (Å²) >= 11 is 0. The van der Waals surface area contributed by atoms with Crippen LogP contribution in [0.3, 0.4) is 0 Å². The third-order valence-electron chi connectivity index (χ3n) is 9.21. The van der Waals surface area contributed by atoms with E-state index in [1.54, 1.807) is 0 Å². The highest BCUT2D eigenvalue weighted by atomic mass is 16.5. The molecule has 3 saturated heterocycles. The standard InChI is InChI=1S/C31H44N4O4/c36-28(12-18-34-16-6-7-17-34)35-19-11-26-25(23-35)10-4-5-13-31(14-20-39-21-15-31)30(38)33-27(29(37)32-26)22-24-8-2-1-3-9-24/h1-5,8-9,25-27H,6-7,10-23H2,(H,32,37)(H,33,38)/b5-4+/t25-,26+,27-/m0/s1. The molecule has 4 aliphatic rings. The second kappa shape index (κ2) is 13.1.